The summed E-state index contributed by atoms with van der Waals surface area (Å²) in [5.74, 6) is 0. The summed E-state index contributed by atoms with van der Waals surface area (Å²) >= 11 is 0. The SMILES string of the molecule is C=CCC=C.[KH]. The molecule has 0 bridgehead atoms. The van der Waals surface area contributed by atoms with E-state index in [0.29, 0.717) is 0 Å². The van der Waals surface area contributed by atoms with Crippen LogP contribution in [0, 0.1) is 0 Å². The minimum atomic E-state index is 0. The second kappa shape index (κ2) is 9.45. The predicted octanol–water partition coefficient (Wildman–Crippen LogP) is 1.10. The first-order valence-electron chi connectivity index (χ1n) is 1.63. The Bertz CT molecular complexity index is 33.2. The van der Waals surface area contributed by atoms with Crippen molar-refractivity contribution < 1.29 is 0 Å². The zero-order valence-corrected chi connectivity index (χ0v) is 3.28. The van der Waals surface area contributed by atoms with Crippen LogP contribution in [-0.4, -0.2) is 51.4 Å². The molecule has 0 saturated carbocycles. The molecular weight excluding hydrogens is 99.2 g/mol. The van der Waals surface area contributed by atoms with Crippen molar-refractivity contribution in [2.75, 3.05) is 0 Å². The molecule has 0 aromatic carbocycles. The molecule has 0 aromatic heterocycles. The Hall–Kier alpha value is 1.12. The molecule has 30 valence electrons. The molecule has 0 saturated heterocycles. The Kier molecular flexibility index (Phi) is 16.0. The molecule has 0 unspecified atom stereocenters. The van der Waals surface area contributed by atoms with Gasteiger partial charge < -0.3 is 0 Å². The molecule has 0 heterocycles. The molecule has 0 aliphatic carbocycles. The Morgan fingerprint density at radius 3 is 1.50 bits per heavy atom. The van der Waals surface area contributed by atoms with Gasteiger partial charge in [0.05, 0.1) is 0 Å². The molecule has 1 heteroatoms. The molecule has 0 aliphatic rings. The summed E-state index contributed by atoms with van der Waals surface area (Å²) in [6.45, 7) is 6.96. The summed E-state index contributed by atoms with van der Waals surface area (Å²) in [6, 6.07) is 0. The van der Waals surface area contributed by atoms with Crippen LogP contribution in [0.3, 0.4) is 0 Å². The third-order valence-electron chi connectivity index (χ3n) is 0.333. The average molecular weight is 108 g/mol. The maximum absolute atomic E-state index is 3.48. The van der Waals surface area contributed by atoms with Gasteiger partial charge in [-0.15, -0.1) is 13.2 Å². The van der Waals surface area contributed by atoms with Crippen molar-refractivity contribution in [3.8, 4) is 0 Å². The van der Waals surface area contributed by atoms with Crippen molar-refractivity contribution in [3.05, 3.63) is 25.3 Å². The summed E-state index contributed by atoms with van der Waals surface area (Å²) < 4.78 is 0. The van der Waals surface area contributed by atoms with Crippen molar-refractivity contribution in [3.63, 3.8) is 0 Å². The van der Waals surface area contributed by atoms with E-state index in [-0.39, 0.29) is 51.4 Å². The summed E-state index contributed by atoms with van der Waals surface area (Å²) in [6.07, 6.45) is 4.54. The third kappa shape index (κ3) is 8.93. The van der Waals surface area contributed by atoms with Gasteiger partial charge in [0, 0.05) is 0 Å². The van der Waals surface area contributed by atoms with E-state index in [4.69, 9.17) is 0 Å². The number of rotatable bonds is 2. The van der Waals surface area contributed by atoms with Gasteiger partial charge in [-0.2, -0.15) is 0 Å². The molecule has 0 aliphatic heterocycles. The van der Waals surface area contributed by atoms with Gasteiger partial charge in [0.1, 0.15) is 0 Å². The molecule has 0 radical (unpaired) electrons. The minimum absolute atomic E-state index is 0. The molecule has 0 aromatic rings. The fourth-order valence-electron chi connectivity index (χ4n) is 0.118. The van der Waals surface area contributed by atoms with Crippen molar-refractivity contribution >= 4 is 51.4 Å². The van der Waals surface area contributed by atoms with Crippen LogP contribution < -0.4 is 0 Å². The van der Waals surface area contributed by atoms with Crippen LogP contribution in [0.1, 0.15) is 6.42 Å². The first kappa shape index (κ1) is 10.2. The second-order valence-corrected chi connectivity index (χ2v) is 0.813. The first-order valence-corrected chi connectivity index (χ1v) is 1.63. The summed E-state index contributed by atoms with van der Waals surface area (Å²) in [7, 11) is 0. The Balaban J connectivity index is 0. The van der Waals surface area contributed by atoms with Gasteiger partial charge in [0.15, 0.2) is 0 Å². The summed E-state index contributed by atoms with van der Waals surface area (Å²) in [5.41, 5.74) is 0. The van der Waals surface area contributed by atoms with Crippen LogP contribution >= 0.6 is 0 Å². The van der Waals surface area contributed by atoms with Crippen molar-refractivity contribution in [2.45, 2.75) is 6.42 Å². The van der Waals surface area contributed by atoms with Gasteiger partial charge in [-0.3, -0.25) is 0 Å². The fraction of sp³-hybridized carbons (Fsp3) is 0.200. The zero-order chi connectivity index (χ0) is 4.12. The molecule has 0 fully saturated rings. The molecule has 0 spiro atoms. The second-order valence-electron chi connectivity index (χ2n) is 0.813. The molecule has 6 heavy (non-hydrogen) atoms. The van der Waals surface area contributed by atoms with E-state index in [9.17, 15) is 0 Å². The van der Waals surface area contributed by atoms with E-state index >= 15 is 0 Å². The van der Waals surface area contributed by atoms with Crippen LogP contribution in [0.25, 0.3) is 0 Å². The average Bonchev–Trinajstić information content (AvgIpc) is 1.41. The van der Waals surface area contributed by atoms with E-state index in [1.54, 1.807) is 0 Å². The normalized spacial score (nSPS) is 5.33. The molecule has 0 rings (SSSR count). The van der Waals surface area contributed by atoms with Crippen LogP contribution in [-0.2, 0) is 0 Å². The van der Waals surface area contributed by atoms with Gasteiger partial charge in [-0.25, -0.2) is 0 Å². The topological polar surface area (TPSA) is 0 Å². The van der Waals surface area contributed by atoms with Gasteiger partial charge in [0.25, 0.3) is 0 Å². The van der Waals surface area contributed by atoms with E-state index in [1.165, 1.54) is 0 Å². The van der Waals surface area contributed by atoms with Crippen LogP contribution in [0.4, 0.5) is 0 Å². The maximum atomic E-state index is 3.48. The standard InChI is InChI=1S/C5H8.K.H/c1-3-5-4-2;;/h3-4H,1-2,5H2;;. The number of allylic oxidation sites excluding steroid dienone is 2. The van der Waals surface area contributed by atoms with Crippen molar-refractivity contribution in [2.24, 2.45) is 0 Å². The zero-order valence-electron chi connectivity index (χ0n) is 3.28. The van der Waals surface area contributed by atoms with Crippen molar-refractivity contribution in [1.82, 2.24) is 0 Å². The number of hydrogen-bond acceptors (Lipinski definition) is 0. The Labute approximate surface area is 81.7 Å². The van der Waals surface area contributed by atoms with E-state index in [2.05, 4.69) is 13.2 Å². The van der Waals surface area contributed by atoms with Gasteiger partial charge >= 0.3 is 51.4 Å². The van der Waals surface area contributed by atoms with E-state index in [1.807, 2.05) is 12.2 Å². The predicted molar refractivity (Wildman–Crippen MR) is 32.2 cm³/mol. The van der Waals surface area contributed by atoms with Crippen LogP contribution in [0.5, 0.6) is 0 Å². The molecule has 0 nitrogen and oxygen atoms in total. The van der Waals surface area contributed by atoms with Crippen molar-refractivity contribution in [1.29, 1.82) is 0 Å². The van der Waals surface area contributed by atoms with Crippen LogP contribution in [0.2, 0.25) is 0 Å². The van der Waals surface area contributed by atoms with Gasteiger partial charge in [0.2, 0.25) is 0 Å². The Morgan fingerprint density at radius 1 is 1.17 bits per heavy atom. The molecule has 0 atom stereocenters. The third-order valence-corrected chi connectivity index (χ3v) is 0.333. The quantitative estimate of drug-likeness (QED) is 0.367. The first-order chi connectivity index (χ1) is 2.41. The summed E-state index contributed by atoms with van der Waals surface area (Å²) in [5, 5.41) is 0. The number of hydrogen-bond donors (Lipinski definition) is 0. The molecule has 0 amide bonds. The molecular formula is C5H9K. The van der Waals surface area contributed by atoms with Crippen LogP contribution in [0.15, 0.2) is 25.3 Å². The fourth-order valence-corrected chi connectivity index (χ4v) is 0.118. The molecule has 0 N–H and O–H groups in total. The van der Waals surface area contributed by atoms with E-state index in [0.717, 1.165) is 6.42 Å². The Morgan fingerprint density at radius 2 is 1.50 bits per heavy atom. The monoisotopic (exact) mass is 108 g/mol. The van der Waals surface area contributed by atoms with Gasteiger partial charge in [-0.1, -0.05) is 12.2 Å². The summed E-state index contributed by atoms with van der Waals surface area (Å²) in [4.78, 5) is 0. The van der Waals surface area contributed by atoms with E-state index < -0.39 is 0 Å². The van der Waals surface area contributed by atoms with Gasteiger partial charge in [-0.05, 0) is 6.42 Å².